The summed E-state index contributed by atoms with van der Waals surface area (Å²) in [6, 6.07) is 3.00. The monoisotopic (exact) mass is 278 g/mol. The van der Waals surface area contributed by atoms with Gasteiger partial charge < -0.3 is 10.4 Å². The molecule has 2 aromatic rings. The van der Waals surface area contributed by atoms with E-state index in [0.717, 1.165) is 18.2 Å². The summed E-state index contributed by atoms with van der Waals surface area (Å²) >= 11 is 0. The maximum atomic E-state index is 13.1. The zero-order chi connectivity index (χ0) is 14.7. The first-order chi connectivity index (χ1) is 9.51. The molecule has 1 heterocycles. The average molecular weight is 278 g/mol. The van der Waals surface area contributed by atoms with Gasteiger partial charge in [-0.2, -0.15) is 0 Å². The summed E-state index contributed by atoms with van der Waals surface area (Å²) in [5, 5.41) is 17.5. The summed E-state index contributed by atoms with van der Waals surface area (Å²) in [6.45, 7) is 1.83. The number of carboxylic acids is 1. The van der Waals surface area contributed by atoms with E-state index in [2.05, 4.69) is 20.5 Å². The number of rotatable bonds is 4. The van der Waals surface area contributed by atoms with Crippen molar-refractivity contribution in [2.75, 3.05) is 5.32 Å². The molecule has 0 bridgehead atoms. The van der Waals surface area contributed by atoms with E-state index < -0.39 is 17.7 Å². The van der Waals surface area contributed by atoms with E-state index in [1.165, 1.54) is 0 Å². The van der Waals surface area contributed by atoms with Crippen LogP contribution < -0.4 is 5.32 Å². The highest BCUT2D eigenvalue weighted by molar-refractivity contribution is 6.05. The Morgan fingerprint density at radius 3 is 2.80 bits per heavy atom. The normalized spacial score (nSPS) is 10.3. The third-order valence-corrected chi connectivity index (χ3v) is 2.53. The summed E-state index contributed by atoms with van der Waals surface area (Å²) in [5.41, 5.74) is -0.364. The van der Waals surface area contributed by atoms with Gasteiger partial charge in [-0.1, -0.05) is 6.92 Å². The van der Waals surface area contributed by atoms with E-state index >= 15 is 0 Å². The highest BCUT2D eigenvalue weighted by Crippen LogP contribution is 2.17. The SMILES string of the molecule is CCc1nc(C(=O)Nc2cc(F)ccc2C(=O)O)n[nH]1. The van der Waals surface area contributed by atoms with Crippen LogP contribution in [0.15, 0.2) is 18.2 Å². The fourth-order valence-electron chi connectivity index (χ4n) is 1.54. The molecule has 0 aliphatic rings. The Kier molecular flexibility index (Phi) is 3.74. The number of hydrogen-bond acceptors (Lipinski definition) is 4. The number of aromatic carboxylic acids is 1. The molecule has 0 unspecified atom stereocenters. The first-order valence-corrected chi connectivity index (χ1v) is 5.76. The number of anilines is 1. The summed E-state index contributed by atoms with van der Waals surface area (Å²) < 4.78 is 13.1. The molecule has 20 heavy (non-hydrogen) atoms. The van der Waals surface area contributed by atoms with Crippen molar-refractivity contribution in [1.29, 1.82) is 0 Å². The van der Waals surface area contributed by atoms with Crippen molar-refractivity contribution >= 4 is 17.6 Å². The average Bonchev–Trinajstić information content (AvgIpc) is 2.87. The van der Waals surface area contributed by atoms with Crippen LogP contribution in [0.4, 0.5) is 10.1 Å². The molecule has 3 N–H and O–H groups in total. The molecule has 0 aliphatic carbocycles. The second-order valence-electron chi connectivity index (χ2n) is 3.91. The smallest absolute Gasteiger partial charge is 0.337 e. The fourth-order valence-corrected chi connectivity index (χ4v) is 1.54. The number of carbonyl (C=O) groups excluding carboxylic acids is 1. The predicted octanol–water partition coefficient (Wildman–Crippen LogP) is 1.46. The van der Waals surface area contributed by atoms with Crippen molar-refractivity contribution in [2.24, 2.45) is 0 Å². The molecular weight excluding hydrogens is 267 g/mol. The molecule has 0 spiro atoms. The number of benzene rings is 1. The maximum absolute atomic E-state index is 13.1. The van der Waals surface area contributed by atoms with Gasteiger partial charge in [0, 0.05) is 6.42 Å². The van der Waals surface area contributed by atoms with Crippen LogP contribution in [0.5, 0.6) is 0 Å². The quantitative estimate of drug-likeness (QED) is 0.784. The van der Waals surface area contributed by atoms with E-state index in [1.807, 2.05) is 6.92 Å². The number of aromatic amines is 1. The maximum Gasteiger partial charge on any atom is 0.337 e. The van der Waals surface area contributed by atoms with Crippen LogP contribution in [0, 0.1) is 5.82 Å². The van der Waals surface area contributed by atoms with Gasteiger partial charge in [0.2, 0.25) is 5.82 Å². The van der Waals surface area contributed by atoms with Gasteiger partial charge in [-0.05, 0) is 18.2 Å². The predicted molar refractivity (Wildman–Crippen MR) is 67.1 cm³/mol. The topological polar surface area (TPSA) is 108 Å². The minimum Gasteiger partial charge on any atom is -0.478 e. The van der Waals surface area contributed by atoms with Crippen molar-refractivity contribution in [3.8, 4) is 0 Å². The Hall–Kier alpha value is -2.77. The van der Waals surface area contributed by atoms with E-state index in [0.29, 0.717) is 12.2 Å². The van der Waals surface area contributed by atoms with E-state index in [4.69, 9.17) is 5.11 Å². The summed E-state index contributed by atoms with van der Waals surface area (Å²) in [5.74, 6) is -2.26. The first-order valence-electron chi connectivity index (χ1n) is 5.76. The third kappa shape index (κ3) is 2.79. The highest BCUT2D eigenvalue weighted by Gasteiger charge is 2.17. The van der Waals surface area contributed by atoms with Crippen molar-refractivity contribution in [1.82, 2.24) is 15.2 Å². The molecule has 1 aromatic carbocycles. The largest absolute Gasteiger partial charge is 0.478 e. The molecule has 0 fully saturated rings. The van der Waals surface area contributed by atoms with Crippen LogP contribution in [-0.4, -0.2) is 32.2 Å². The highest BCUT2D eigenvalue weighted by atomic mass is 19.1. The van der Waals surface area contributed by atoms with E-state index in [-0.39, 0.29) is 17.1 Å². The molecule has 104 valence electrons. The number of nitrogens with zero attached hydrogens (tertiary/aromatic N) is 2. The fraction of sp³-hybridized carbons (Fsp3) is 0.167. The van der Waals surface area contributed by atoms with E-state index in [9.17, 15) is 14.0 Å². The molecule has 0 saturated heterocycles. The Bertz CT molecular complexity index is 668. The third-order valence-electron chi connectivity index (χ3n) is 2.53. The molecule has 0 radical (unpaired) electrons. The standard InChI is InChI=1S/C12H11FN4O3/c1-2-9-15-10(17-16-9)11(18)14-8-5-6(13)3-4-7(8)12(19)20/h3-5H,2H2,1H3,(H,14,18)(H,19,20)(H,15,16,17). The van der Waals surface area contributed by atoms with Gasteiger partial charge in [-0.3, -0.25) is 9.89 Å². The molecular formula is C12H11FN4O3. The molecule has 8 heteroatoms. The second-order valence-corrected chi connectivity index (χ2v) is 3.91. The van der Waals surface area contributed by atoms with Crippen LogP contribution >= 0.6 is 0 Å². The van der Waals surface area contributed by atoms with Crippen molar-refractivity contribution < 1.29 is 19.1 Å². The first kappa shape index (κ1) is 13.7. The number of aryl methyl sites for hydroxylation is 1. The van der Waals surface area contributed by atoms with Crippen LogP contribution in [0.25, 0.3) is 0 Å². The summed E-state index contributed by atoms with van der Waals surface area (Å²) in [4.78, 5) is 26.8. The zero-order valence-electron chi connectivity index (χ0n) is 10.5. The van der Waals surface area contributed by atoms with Crippen molar-refractivity contribution in [3.63, 3.8) is 0 Å². The number of amides is 1. The molecule has 0 aliphatic heterocycles. The van der Waals surface area contributed by atoms with Crippen molar-refractivity contribution in [2.45, 2.75) is 13.3 Å². The Morgan fingerprint density at radius 1 is 1.45 bits per heavy atom. The van der Waals surface area contributed by atoms with Gasteiger partial charge in [-0.15, -0.1) is 5.10 Å². The molecule has 0 saturated carbocycles. The van der Waals surface area contributed by atoms with Gasteiger partial charge >= 0.3 is 5.97 Å². The second kappa shape index (κ2) is 5.47. The Balaban J connectivity index is 2.27. The lowest BCUT2D eigenvalue weighted by molar-refractivity contribution is 0.0698. The lowest BCUT2D eigenvalue weighted by Gasteiger charge is -2.06. The zero-order valence-corrected chi connectivity index (χ0v) is 10.5. The number of carbonyl (C=O) groups is 2. The minimum absolute atomic E-state index is 0.137. The van der Waals surface area contributed by atoms with Gasteiger partial charge in [0.1, 0.15) is 11.6 Å². The van der Waals surface area contributed by atoms with Gasteiger partial charge in [0.05, 0.1) is 11.3 Å². The van der Waals surface area contributed by atoms with E-state index in [1.54, 1.807) is 0 Å². The van der Waals surface area contributed by atoms with Crippen LogP contribution in [-0.2, 0) is 6.42 Å². The number of hydrogen-bond donors (Lipinski definition) is 3. The number of aromatic nitrogens is 3. The van der Waals surface area contributed by atoms with Crippen molar-refractivity contribution in [3.05, 3.63) is 41.2 Å². The molecule has 7 nitrogen and oxygen atoms in total. The molecule has 1 amide bonds. The lowest BCUT2D eigenvalue weighted by Crippen LogP contribution is -2.16. The van der Waals surface area contributed by atoms with Crippen LogP contribution in [0.3, 0.4) is 0 Å². The summed E-state index contributed by atoms with van der Waals surface area (Å²) in [7, 11) is 0. The number of H-pyrrole nitrogens is 1. The van der Waals surface area contributed by atoms with Gasteiger partial charge in [-0.25, -0.2) is 14.2 Å². The van der Waals surface area contributed by atoms with Gasteiger partial charge in [0.15, 0.2) is 0 Å². The minimum atomic E-state index is -1.27. The number of carboxylic acid groups (broad SMARTS) is 1. The molecule has 1 aromatic heterocycles. The Morgan fingerprint density at radius 2 is 2.20 bits per heavy atom. The number of halogens is 1. The Labute approximate surface area is 112 Å². The van der Waals surface area contributed by atoms with Crippen LogP contribution in [0.1, 0.15) is 33.7 Å². The van der Waals surface area contributed by atoms with Gasteiger partial charge in [0.25, 0.3) is 5.91 Å². The van der Waals surface area contributed by atoms with Crippen LogP contribution in [0.2, 0.25) is 0 Å². The molecule has 0 atom stereocenters. The number of nitrogens with one attached hydrogen (secondary N) is 2. The lowest BCUT2D eigenvalue weighted by atomic mass is 10.1. The summed E-state index contributed by atoms with van der Waals surface area (Å²) in [6.07, 6.45) is 0.570. The molecule has 2 rings (SSSR count).